The summed E-state index contributed by atoms with van der Waals surface area (Å²) in [7, 11) is -1.50. The zero-order valence-corrected chi connectivity index (χ0v) is 56.0. The van der Waals surface area contributed by atoms with Crippen LogP contribution in [0.5, 0.6) is 0 Å². The highest BCUT2D eigenvalue weighted by atomic mass is 79.9. The average Bonchev–Trinajstić information content (AvgIpc) is 0.738. The first-order chi connectivity index (χ1) is 47.7. The minimum absolute atomic E-state index is 0.566. The van der Waals surface area contributed by atoms with E-state index < -0.39 is 7.12 Å². The summed E-state index contributed by atoms with van der Waals surface area (Å²) in [5, 5.41) is 40.9. The monoisotopic (exact) mass is 1370 g/mol. The minimum atomic E-state index is -1.50. The molecule has 18 rings (SSSR count). The molecule has 7 heteroatoms. The second-order valence-corrected chi connectivity index (χ2v) is 25.8. The molecule has 0 aliphatic heterocycles. The lowest BCUT2D eigenvalue weighted by molar-refractivity contribution is 0.426. The molecule has 0 fully saturated rings. The van der Waals surface area contributed by atoms with Crippen molar-refractivity contribution in [1.82, 2.24) is 0 Å². The van der Waals surface area contributed by atoms with E-state index in [1.807, 2.05) is 115 Å². The number of rotatable bonds is 6. The lowest BCUT2D eigenvalue weighted by Gasteiger charge is -2.21. The van der Waals surface area contributed by atoms with Crippen molar-refractivity contribution in [2.75, 3.05) is 11.5 Å². The van der Waals surface area contributed by atoms with Crippen molar-refractivity contribution in [3.05, 3.63) is 355 Å². The summed E-state index contributed by atoms with van der Waals surface area (Å²) in [6, 6.07) is 121. The third-order valence-corrected chi connectivity index (χ3v) is 19.9. The first kappa shape index (κ1) is 62.0. The van der Waals surface area contributed by atoms with Crippen molar-refractivity contribution >= 4 is 153 Å². The average molecular weight is 1380 g/mol. The summed E-state index contributed by atoms with van der Waals surface area (Å²) in [4.78, 5) is 0. The predicted octanol–water partition coefficient (Wildman–Crippen LogP) is 23.8. The topological polar surface area (TPSA) is 92.5 Å². The zero-order valence-electron chi connectivity index (χ0n) is 52.8. The minimum Gasteiger partial charge on any atom is -0.423 e. The van der Waals surface area contributed by atoms with Gasteiger partial charge >= 0.3 is 7.12 Å². The second-order valence-electron chi connectivity index (χ2n) is 24.1. The van der Waals surface area contributed by atoms with Crippen LogP contribution in [0, 0.1) is 0 Å². The predicted molar refractivity (Wildman–Crippen MR) is 425 cm³/mol. The van der Waals surface area contributed by atoms with Crippen LogP contribution in [0.4, 0.5) is 11.4 Å². The van der Waals surface area contributed by atoms with Crippen LogP contribution in [0.3, 0.4) is 0 Å². The van der Waals surface area contributed by atoms with Gasteiger partial charge in [-0.1, -0.05) is 353 Å². The van der Waals surface area contributed by atoms with Gasteiger partial charge in [0.2, 0.25) is 0 Å². The quantitative estimate of drug-likeness (QED) is 0.0758. The fourth-order valence-corrected chi connectivity index (χ4v) is 15.4. The molecular formula is C90H63BBr2N2O2. The fraction of sp³-hybridized carbons (Fsp3) is 0. The maximum absolute atomic E-state index is 9.94. The van der Waals surface area contributed by atoms with Gasteiger partial charge in [0.25, 0.3) is 0 Å². The SMILES string of the molecule is Brc1cccc2c(Br)cccc12.Nc1cccc2c(N)cccc12.OB(O)c1c2ccccc2c(-c2ccccc2)c2ccccc12.c1ccc(-c2c3ccccc3c(-c3cccc4c(-c5c6ccccc6c(-c6ccccc6)c6ccccc56)cccc34)c3ccccc23)cc1. The van der Waals surface area contributed by atoms with Gasteiger partial charge < -0.3 is 21.5 Å². The summed E-state index contributed by atoms with van der Waals surface area (Å²) in [6.45, 7) is 0. The van der Waals surface area contributed by atoms with E-state index in [-0.39, 0.29) is 0 Å². The molecule has 0 radical (unpaired) electrons. The molecule has 0 aliphatic rings. The summed E-state index contributed by atoms with van der Waals surface area (Å²) in [5.41, 5.74) is 26.1. The largest absolute Gasteiger partial charge is 0.489 e. The molecule has 0 aromatic heterocycles. The van der Waals surface area contributed by atoms with Gasteiger partial charge in [0, 0.05) is 31.1 Å². The Morgan fingerprint density at radius 3 is 0.711 bits per heavy atom. The van der Waals surface area contributed by atoms with Crippen molar-refractivity contribution in [3.8, 4) is 55.6 Å². The number of halogens is 2. The molecule has 4 nitrogen and oxygen atoms in total. The van der Waals surface area contributed by atoms with Gasteiger partial charge in [-0.2, -0.15) is 0 Å². The molecule has 0 aliphatic carbocycles. The van der Waals surface area contributed by atoms with Gasteiger partial charge in [0.05, 0.1) is 0 Å². The molecule has 97 heavy (non-hydrogen) atoms. The van der Waals surface area contributed by atoms with E-state index in [0.29, 0.717) is 5.46 Å². The maximum Gasteiger partial charge on any atom is 0.489 e. The van der Waals surface area contributed by atoms with E-state index in [2.05, 4.69) is 262 Å². The van der Waals surface area contributed by atoms with E-state index in [4.69, 9.17) is 11.5 Å². The van der Waals surface area contributed by atoms with E-state index >= 15 is 0 Å². The molecule has 0 unspecified atom stereocenters. The van der Waals surface area contributed by atoms with Crippen molar-refractivity contribution in [2.45, 2.75) is 0 Å². The number of benzene rings is 18. The molecular weight excluding hydrogens is 1310 g/mol. The Bertz CT molecular complexity index is 5450. The maximum atomic E-state index is 9.94. The van der Waals surface area contributed by atoms with Crippen molar-refractivity contribution in [1.29, 1.82) is 0 Å². The van der Waals surface area contributed by atoms with E-state index in [1.165, 1.54) is 109 Å². The third-order valence-electron chi connectivity index (χ3n) is 18.5. The highest BCUT2D eigenvalue weighted by molar-refractivity contribution is 9.11. The van der Waals surface area contributed by atoms with Crippen LogP contribution in [-0.4, -0.2) is 17.2 Å². The van der Waals surface area contributed by atoms with Gasteiger partial charge in [-0.15, -0.1) is 0 Å². The van der Waals surface area contributed by atoms with Crippen LogP contribution in [0.25, 0.3) is 153 Å². The highest BCUT2D eigenvalue weighted by Crippen LogP contribution is 2.49. The molecule has 0 atom stereocenters. The molecule has 0 saturated carbocycles. The third kappa shape index (κ3) is 11.7. The molecule has 462 valence electrons. The van der Waals surface area contributed by atoms with E-state index in [0.717, 1.165) is 63.8 Å². The number of hydrogen-bond acceptors (Lipinski definition) is 4. The Hall–Kier alpha value is -11.2. The number of fused-ring (bicyclic) bond motifs is 9. The number of nitrogen functional groups attached to an aromatic ring is 2. The van der Waals surface area contributed by atoms with Gasteiger partial charge in [-0.3, -0.25) is 0 Å². The lowest BCUT2D eigenvalue weighted by Crippen LogP contribution is -2.31. The second kappa shape index (κ2) is 27.3. The molecule has 18 aromatic carbocycles. The molecule has 18 aromatic rings. The fourth-order valence-electron chi connectivity index (χ4n) is 14.4. The molecule has 0 amide bonds. The van der Waals surface area contributed by atoms with Crippen molar-refractivity contribution in [3.63, 3.8) is 0 Å². The summed E-state index contributed by atoms with van der Waals surface area (Å²) >= 11 is 7.02. The molecule has 0 saturated heterocycles. The molecule has 0 heterocycles. The Morgan fingerprint density at radius 2 is 0.412 bits per heavy atom. The van der Waals surface area contributed by atoms with Crippen molar-refractivity contribution < 1.29 is 10.0 Å². The molecule has 0 bridgehead atoms. The first-order valence-corrected chi connectivity index (χ1v) is 34.0. The van der Waals surface area contributed by atoms with Crippen LogP contribution in [0.2, 0.25) is 0 Å². The van der Waals surface area contributed by atoms with Crippen LogP contribution < -0.4 is 16.9 Å². The summed E-state index contributed by atoms with van der Waals surface area (Å²) in [5.74, 6) is 0. The smallest absolute Gasteiger partial charge is 0.423 e. The Morgan fingerprint density at radius 1 is 0.196 bits per heavy atom. The van der Waals surface area contributed by atoms with Crippen LogP contribution in [0.15, 0.2) is 355 Å². The number of anilines is 2. The first-order valence-electron chi connectivity index (χ1n) is 32.4. The Balaban J connectivity index is 0.000000133. The molecule has 0 spiro atoms. The van der Waals surface area contributed by atoms with E-state index in [1.54, 1.807) is 0 Å². The van der Waals surface area contributed by atoms with Gasteiger partial charge in [0.1, 0.15) is 0 Å². The lowest BCUT2D eigenvalue weighted by atomic mass is 9.72. The van der Waals surface area contributed by atoms with Gasteiger partial charge in [-0.25, -0.2) is 0 Å². The van der Waals surface area contributed by atoms with Gasteiger partial charge in [0.15, 0.2) is 0 Å². The van der Waals surface area contributed by atoms with E-state index in [9.17, 15) is 10.0 Å². The summed E-state index contributed by atoms with van der Waals surface area (Å²) in [6.07, 6.45) is 0. The molecule has 6 N–H and O–H groups in total. The van der Waals surface area contributed by atoms with Crippen LogP contribution in [-0.2, 0) is 0 Å². The Labute approximate surface area is 580 Å². The summed E-state index contributed by atoms with van der Waals surface area (Å²) < 4.78 is 2.28. The standard InChI is InChI=1S/C50H32.C20H15BO2.C10H6Br2.C10H10N2/c1-3-17-33(18-4-1)47-39-21-7-11-25-43(39)49(44-26-12-8-22-40(44)47)37-31-15-30-36-35(37)29-16-32-38(36)50-45-27-13-9-23-41(45)48(34-19-5-2-6-20-34)42-24-10-14-28-46(42)50;22-21(23)20-17-12-6-4-10-15(17)19(14-8-2-1-3-9-14)16-11-5-7-13-18(16)20;2*11-9-5-1-3-7-8(9)4-2-6-10(7)12/h1-32H;1-13,22-23H;1-6H;1-6H,11-12H2. The zero-order chi connectivity index (χ0) is 65.9. The number of hydrogen-bond donors (Lipinski definition) is 4. The normalized spacial score (nSPS) is 11.2. The van der Waals surface area contributed by atoms with Crippen LogP contribution >= 0.6 is 31.9 Å². The number of nitrogens with two attached hydrogens (primary N) is 2. The van der Waals surface area contributed by atoms with Crippen LogP contribution in [0.1, 0.15) is 0 Å². The Kier molecular flexibility index (Phi) is 17.4. The van der Waals surface area contributed by atoms with Gasteiger partial charge in [-0.05, 0) is 172 Å². The highest BCUT2D eigenvalue weighted by Gasteiger charge is 2.24. The van der Waals surface area contributed by atoms with Crippen molar-refractivity contribution in [2.24, 2.45) is 0 Å².